The summed E-state index contributed by atoms with van der Waals surface area (Å²) in [5, 5.41) is 9.10. The number of carboxylic acids is 1. The number of nitrogens with zero attached hydrogens (tertiary/aromatic N) is 1. The molecule has 1 aromatic carbocycles. The molecule has 0 aliphatic carbocycles. The molecule has 1 aliphatic heterocycles. The molecule has 0 amide bonds. The number of carbonyl (C=O) groups is 1. The normalized spacial score (nSPS) is 23.9. The molecular weight excluding hydrogens is 346 g/mol. The molecule has 0 radical (unpaired) electrons. The zero-order valence-corrected chi connectivity index (χ0v) is 13.6. The van der Waals surface area contributed by atoms with Crippen molar-refractivity contribution in [3.63, 3.8) is 0 Å². The van der Waals surface area contributed by atoms with Gasteiger partial charge in [-0.3, -0.25) is 4.79 Å². The van der Waals surface area contributed by atoms with E-state index in [-0.39, 0.29) is 23.9 Å². The van der Waals surface area contributed by atoms with Crippen LogP contribution in [0, 0.1) is 18.8 Å². The van der Waals surface area contributed by atoms with Gasteiger partial charge in [-0.1, -0.05) is 22.9 Å². The fraction of sp³-hybridized carbons (Fsp3) is 0.462. The minimum absolute atomic E-state index is 0.0321. The van der Waals surface area contributed by atoms with E-state index < -0.39 is 21.9 Å². The second-order valence-corrected chi connectivity index (χ2v) is 8.06. The number of hydrogen-bond donors (Lipinski definition) is 1. The van der Waals surface area contributed by atoms with Gasteiger partial charge in [0.05, 0.1) is 10.8 Å². The van der Waals surface area contributed by atoms with Crippen molar-refractivity contribution >= 4 is 31.9 Å². The molecule has 0 unspecified atom stereocenters. The maximum atomic E-state index is 12.6. The molecule has 0 bridgehead atoms. The molecule has 2 rings (SSSR count). The summed E-state index contributed by atoms with van der Waals surface area (Å²) >= 11 is 3.28. The van der Waals surface area contributed by atoms with Gasteiger partial charge in [0.25, 0.3) is 0 Å². The zero-order valence-electron chi connectivity index (χ0n) is 11.2. The molecule has 20 heavy (non-hydrogen) atoms. The summed E-state index contributed by atoms with van der Waals surface area (Å²) < 4.78 is 27.1. The average Bonchev–Trinajstić information content (AvgIpc) is 2.70. The number of aliphatic carboxylic acids is 1. The Balaban J connectivity index is 2.34. The van der Waals surface area contributed by atoms with Gasteiger partial charge in [0, 0.05) is 17.6 Å². The van der Waals surface area contributed by atoms with Gasteiger partial charge in [-0.15, -0.1) is 0 Å². The highest BCUT2D eigenvalue weighted by Crippen LogP contribution is 2.30. The SMILES string of the molecule is Cc1cc(Br)cc(S(=O)(=O)N2C[C@@H](C)[C@H](C(=O)O)C2)c1. The fourth-order valence-electron chi connectivity index (χ4n) is 2.44. The molecule has 1 N–H and O–H groups in total. The zero-order chi connectivity index (χ0) is 15.1. The van der Waals surface area contributed by atoms with Gasteiger partial charge in [0.15, 0.2) is 0 Å². The van der Waals surface area contributed by atoms with Crippen LogP contribution in [-0.2, 0) is 14.8 Å². The van der Waals surface area contributed by atoms with E-state index in [1.807, 2.05) is 13.0 Å². The Kier molecular flexibility index (Phi) is 4.22. The lowest BCUT2D eigenvalue weighted by molar-refractivity contribution is -0.142. The van der Waals surface area contributed by atoms with Crippen LogP contribution in [0.5, 0.6) is 0 Å². The number of carboxylic acid groups (broad SMARTS) is 1. The van der Waals surface area contributed by atoms with E-state index >= 15 is 0 Å². The number of hydrogen-bond acceptors (Lipinski definition) is 3. The smallest absolute Gasteiger partial charge is 0.308 e. The van der Waals surface area contributed by atoms with Crippen LogP contribution < -0.4 is 0 Å². The first-order chi connectivity index (χ1) is 9.21. The van der Waals surface area contributed by atoms with Crippen LogP contribution in [-0.4, -0.2) is 36.9 Å². The van der Waals surface area contributed by atoms with Crippen molar-refractivity contribution in [2.24, 2.45) is 11.8 Å². The summed E-state index contributed by atoms with van der Waals surface area (Å²) in [5.41, 5.74) is 0.833. The molecule has 0 aromatic heterocycles. The molecule has 1 heterocycles. The lowest BCUT2D eigenvalue weighted by Gasteiger charge is -2.16. The van der Waals surface area contributed by atoms with E-state index in [2.05, 4.69) is 15.9 Å². The molecular formula is C13H16BrNO4S. The summed E-state index contributed by atoms with van der Waals surface area (Å²) in [7, 11) is -3.64. The summed E-state index contributed by atoms with van der Waals surface area (Å²) in [4.78, 5) is 11.3. The number of aryl methyl sites for hydroxylation is 1. The van der Waals surface area contributed by atoms with Crippen molar-refractivity contribution in [1.29, 1.82) is 0 Å². The first-order valence-corrected chi connectivity index (χ1v) is 8.45. The first kappa shape index (κ1) is 15.5. The van der Waals surface area contributed by atoms with Gasteiger partial charge < -0.3 is 5.11 Å². The van der Waals surface area contributed by atoms with Gasteiger partial charge in [-0.25, -0.2) is 8.42 Å². The predicted molar refractivity (Wildman–Crippen MR) is 77.9 cm³/mol. The predicted octanol–water partition coefficient (Wildman–Crippen LogP) is 2.10. The van der Waals surface area contributed by atoms with E-state index in [1.54, 1.807) is 19.1 Å². The number of rotatable bonds is 3. The molecule has 0 saturated carbocycles. The second-order valence-electron chi connectivity index (χ2n) is 5.21. The molecule has 1 aromatic rings. The maximum Gasteiger partial charge on any atom is 0.308 e. The van der Waals surface area contributed by atoms with Gasteiger partial charge in [-0.2, -0.15) is 4.31 Å². The van der Waals surface area contributed by atoms with Crippen molar-refractivity contribution in [3.05, 3.63) is 28.2 Å². The molecule has 7 heteroatoms. The minimum atomic E-state index is -3.64. The van der Waals surface area contributed by atoms with Crippen molar-refractivity contribution in [3.8, 4) is 0 Å². The standard InChI is InChI=1S/C13H16BrNO4S/c1-8-3-10(14)5-11(4-8)20(18,19)15-6-9(2)12(7-15)13(16)17/h3-5,9,12H,6-7H2,1-2H3,(H,16,17)/t9-,12-/m1/s1. The lowest BCUT2D eigenvalue weighted by atomic mass is 9.99. The third-order valence-electron chi connectivity index (χ3n) is 3.55. The van der Waals surface area contributed by atoms with Crippen LogP contribution in [0.3, 0.4) is 0 Å². The van der Waals surface area contributed by atoms with E-state index in [9.17, 15) is 13.2 Å². The highest BCUT2D eigenvalue weighted by Gasteiger charge is 2.40. The van der Waals surface area contributed by atoms with Crippen LogP contribution >= 0.6 is 15.9 Å². The summed E-state index contributed by atoms with van der Waals surface area (Å²) in [6.45, 7) is 3.85. The van der Waals surface area contributed by atoms with Crippen LogP contribution in [0.4, 0.5) is 0 Å². The van der Waals surface area contributed by atoms with Crippen LogP contribution in [0.1, 0.15) is 12.5 Å². The average molecular weight is 362 g/mol. The first-order valence-electron chi connectivity index (χ1n) is 6.22. The van der Waals surface area contributed by atoms with Crippen molar-refractivity contribution < 1.29 is 18.3 Å². The topological polar surface area (TPSA) is 74.7 Å². The Morgan fingerprint density at radius 2 is 2.00 bits per heavy atom. The molecule has 2 atom stereocenters. The number of halogens is 1. The van der Waals surface area contributed by atoms with E-state index in [4.69, 9.17) is 5.11 Å². The van der Waals surface area contributed by atoms with Gasteiger partial charge in [0.2, 0.25) is 10.0 Å². The van der Waals surface area contributed by atoms with Crippen LogP contribution in [0.2, 0.25) is 0 Å². The highest BCUT2D eigenvalue weighted by atomic mass is 79.9. The minimum Gasteiger partial charge on any atom is -0.481 e. The number of benzene rings is 1. The lowest BCUT2D eigenvalue weighted by Crippen LogP contribution is -2.30. The largest absolute Gasteiger partial charge is 0.481 e. The van der Waals surface area contributed by atoms with Gasteiger partial charge in [0.1, 0.15) is 0 Å². The quantitative estimate of drug-likeness (QED) is 0.894. The Hall–Kier alpha value is -0.920. The van der Waals surface area contributed by atoms with E-state index in [1.165, 1.54) is 4.31 Å². The molecule has 5 nitrogen and oxygen atoms in total. The van der Waals surface area contributed by atoms with Gasteiger partial charge in [-0.05, 0) is 36.6 Å². The monoisotopic (exact) mass is 361 g/mol. The fourth-order valence-corrected chi connectivity index (χ4v) is 4.90. The van der Waals surface area contributed by atoms with Crippen LogP contribution in [0.25, 0.3) is 0 Å². The Morgan fingerprint density at radius 1 is 1.35 bits per heavy atom. The third-order valence-corrected chi connectivity index (χ3v) is 5.82. The molecule has 110 valence electrons. The van der Waals surface area contributed by atoms with E-state index in [0.29, 0.717) is 4.47 Å². The van der Waals surface area contributed by atoms with Crippen molar-refractivity contribution in [1.82, 2.24) is 4.31 Å². The van der Waals surface area contributed by atoms with Crippen molar-refractivity contribution in [2.45, 2.75) is 18.7 Å². The molecule has 1 aliphatic rings. The summed E-state index contributed by atoms with van der Waals surface area (Å²) in [5.74, 6) is -1.77. The third kappa shape index (κ3) is 2.89. The molecule has 1 saturated heterocycles. The summed E-state index contributed by atoms with van der Waals surface area (Å²) in [6.07, 6.45) is 0. The molecule has 0 spiro atoms. The molecule has 1 fully saturated rings. The van der Waals surface area contributed by atoms with E-state index in [0.717, 1.165) is 5.56 Å². The summed E-state index contributed by atoms with van der Waals surface area (Å²) in [6, 6.07) is 4.96. The van der Waals surface area contributed by atoms with Crippen molar-refractivity contribution in [2.75, 3.05) is 13.1 Å². The maximum absolute atomic E-state index is 12.6. The second kappa shape index (κ2) is 5.46. The number of sulfonamides is 1. The van der Waals surface area contributed by atoms with Gasteiger partial charge >= 0.3 is 5.97 Å². The highest BCUT2D eigenvalue weighted by molar-refractivity contribution is 9.10. The Bertz CT molecular complexity index is 624. The Labute approximate surface area is 126 Å². The Morgan fingerprint density at radius 3 is 2.50 bits per heavy atom. The van der Waals surface area contributed by atoms with Crippen LogP contribution in [0.15, 0.2) is 27.6 Å².